The molecule has 0 spiro atoms. The molecule has 1 aliphatic rings. The highest BCUT2D eigenvalue weighted by Crippen LogP contribution is 2.55. The summed E-state index contributed by atoms with van der Waals surface area (Å²) in [5, 5.41) is 9.08. The number of hydrogen-bond donors (Lipinski definition) is 0. The molecular weight excluding hydrogens is 806 g/mol. The quantitative estimate of drug-likeness (QED) is 0.165. The van der Waals surface area contributed by atoms with Crippen molar-refractivity contribution >= 4 is 99.7 Å². The van der Waals surface area contributed by atoms with E-state index >= 15 is 0 Å². The van der Waals surface area contributed by atoms with Crippen molar-refractivity contribution in [2.75, 3.05) is 9.80 Å². The Morgan fingerprint density at radius 1 is 0.492 bits per heavy atom. The fourth-order valence-corrected chi connectivity index (χ4v) is 10.9. The lowest BCUT2D eigenvalue weighted by Crippen LogP contribution is -2.21. The van der Waals surface area contributed by atoms with Gasteiger partial charge in [0.25, 0.3) is 0 Å². The Bertz CT molecular complexity index is 3570. The minimum Gasteiger partial charge on any atom is -0.307 e. The molecule has 3 heterocycles. The molecule has 9 aromatic carbocycles. The Labute approximate surface area is 376 Å². The zero-order valence-corrected chi connectivity index (χ0v) is 36.8. The van der Waals surface area contributed by atoms with Gasteiger partial charge in [0.1, 0.15) is 0 Å². The maximum absolute atomic E-state index is 8.12. The number of halogens is 1. The molecule has 63 heavy (non-hydrogen) atoms. The van der Waals surface area contributed by atoms with Gasteiger partial charge in [0, 0.05) is 31.9 Å². The first-order valence-electron chi connectivity index (χ1n) is 21.5. The number of anilines is 6. The molecule has 0 saturated heterocycles. The molecule has 0 radical (unpaired) electrons. The van der Waals surface area contributed by atoms with Crippen molar-refractivity contribution in [1.29, 1.82) is 0 Å². The molecule has 0 fully saturated rings. The predicted octanol–water partition coefficient (Wildman–Crippen LogP) is 17.7. The molecule has 0 saturated carbocycles. The lowest BCUT2D eigenvalue weighted by atomic mass is 9.86. The lowest BCUT2D eigenvalue weighted by Gasteiger charge is -2.36. The van der Waals surface area contributed by atoms with E-state index in [1.54, 1.807) is 11.3 Å². The van der Waals surface area contributed by atoms with Crippen LogP contribution in [-0.2, 0) is 5.41 Å². The highest BCUT2D eigenvalue weighted by atomic mass is 35.5. The van der Waals surface area contributed by atoms with E-state index < -0.39 is 0 Å². The van der Waals surface area contributed by atoms with Gasteiger partial charge in [-0.05, 0) is 105 Å². The smallest absolute Gasteiger partial charge is 0.0887 e. The van der Waals surface area contributed by atoms with Crippen LogP contribution in [0.15, 0.2) is 200 Å². The minimum atomic E-state index is -0.203. The summed E-state index contributed by atoms with van der Waals surface area (Å²) in [7, 11) is 0. The summed E-state index contributed by atoms with van der Waals surface area (Å²) in [6, 6.07) is 70.5. The van der Waals surface area contributed by atoms with Gasteiger partial charge in [0.05, 0.1) is 50.2 Å². The van der Waals surface area contributed by atoms with Crippen LogP contribution in [-0.4, -0.2) is 4.57 Å². The number of aromatic nitrogens is 1. The first-order valence-corrected chi connectivity index (χ1v) is 22.8. The third kappa shape index (κ3) is 6.01. The van der Waals surface area contributed by atoms with E-state index in [1.807, 2.05) is 0 Å². The van der Waals surface area contributed by atoms with Crippen LogP contribution in [0.3, 0.4) is 0 Å². The molecule has 11 aromatic rings. The van der Waals surface area contributed by atoms with E-state index in [0.717, 1.165) is 39.8 Å². The van der Waals surface area contributed by atoms with Crippen molar-refractivity contribution in [3.05, 3.63) is 210 Å². The van der Waals surface area contributed by atoms with E-state index in [-0.39, 0.29) is 5.41 Å². The molecule has 0 amide bonds. The van der Waals surface area contributed by atoms with Gasteiger partial charge in [-0.2, -0.15) is 0 Å². The van der Waals surface area contributed by atoms with Gasteiger partial charge in [-0.25, -0.2) is 0 Å². The second-order valence-electron chi connectivity index (χ2n) is 17.5. The molecule has 302 valence electrons. The first kappa shape index (κ1) is 37.6. The Kier molecular flexibility index (Phi) is 8.66. The van der Waals surface area contributed by atoms with E-state index in [0.29, 0.717) is 5.02 Å². The number of thiophene rings is 1. The van der Waals surface area contributed by atoms with Crippen LogP contribution in [0.1, 0.15) is 26.3 Å². The standard InChI is InChI=1S/C58H42ClN3S/c1-58(2,3)41-34-52(56(59)53(35-41)61-49-24-11-12-25-50(49)62-48-23-10-9-20-45(48)46-22-14-26-51(61)57(46)62)60(54-36-63-55-32-29-40(33-47(54)55)37-15-5-4-6-16-37)42-30-27-39(28-31-42)44-21-13-18-38-17-7-8-19-43(38)44/h4-36H,1-3H3. The fourth-order valence-electron chi connectivity index (χ4n) is 9.69. The Hall–Kier alpha value is -7.11. The summed E-state index contributed by atoms with van der Waals surface area (Å²) in [5.74, 6) is 0. The summed E-state index contributed by atoms with van der Waals surface area (Å²) in [6.07, 6.45) is 0. The van der Waals surface area contributed by atoms with Crippen LogP contribution >= 0.6 is 22.9 Å². The molecular formula is C58H42ClN3S. The van der Waals surface area contributed by atoms with Crippen molar-refractivity contribution in [2.24, 2.45) is 0 Å². The topological polar surface area (TPSA) is 11.4 Å². The molecule has 12 rings (SSSR count). The zero-order chi connectivity index (χ0) is 42.4. The zero-order valence-electron chi connectivity index (χ0n) is 35.2. The Morgan fingerprint density at radius 2 is 1.16 bits per heavy atom. The van der Waals surface area contributed by atoms with Gasteiger partial charge in [-0.15, -0.1) is 11.3 Å². The maximum atomic E-state index is 8.12. The summed E-state index contributed by atoms with van der Waals surface area (Å²) in [5.41, 5.74) is 15.4. The first-order chi connectivity index (χ1) is 30.8. The van der Waals surface area contributed by atoms with E-state index in [2.05, 4.69) is 235 Å². The van der Waals surface area contributed by atoms with Gasteiger partial charge in [-0.3, -0.25) is 0 Å². The van der Waals surface area contributed by atoms with Crippen molar-refractivity contribution in [3.8, 4) is 27.9 Å². The van der Waals surface area contributed by atoms with Gasteiger partial charge in [-0.1, -0.05) is 166 Å². The van der Waals surface area contributed by atoms with Gasteiger partial charge < -0.3 is 14.4 Å². The minimum absolute atomic E-state index is 0.203. The number of para-hydroxylation sites is 4. The van der Waals surface area contributed by atoms with Crippen LogP contribution < -0.4 is 9.80 Å². The molecule has 0 N–H and O–H groups in total. The molecule has 2 aromatic heterocycles. The molecule has 0 bridgehead atoms. The number of hydrogen-bond acceptors (Lipinski definition) is 3. The van der Waals surface area contributed by atoms with E-state index in [4.69, 9.17) is 11.6 Å². The molecule has 0 atom stereocenters. The van der Waals surface area contributed by atoms with Crippen LogP contribution in [0.5, 0.6) is 0 Å². The molecule has 3 nitrogen and oxygen atoms in total. The van der Waals surface area contributed by atoms with E-state index in [9.17, 15) is 0 Å². The van der Waals surface area contributed by atoms with Crippen molar-refractivity contribution < 1.29 is 0 Å². The average Bonchev–Trinajstić information content (AvgIpc) is 3.90. The van der Waals surface area contributed by atoms with Crippen LogP contribution in [0, 0.1) is 0 Å². The van der Waals surface area contributed by atoms with Gasteiger partial charge in [0.15, 0.2) is 0 Å². The van der Waals surface area contributed by atoms with Crippen LogP contribution in [0.2, 0.25) is 5.02 Å². The normalized spacial score (nSPS) is 12.4. The molecule has 1 aliphatic heterocycles. The second-order valence-corrected chi connectivity index (χ2v) is 18.8. The maximum Gasteiger partial charge on any atom is 0.0887 e. The second kappa shape index (κ2) is 14.5. The predicted molar refractivity (Wildman–Crippen MR) is 271 cm³/mol. The third-order valence-electron chi connectivity index (χ3n) is 12.8. The Morgan fingerprint density at radius 3 is 1.98 bits per heavy atom. The van der Waals surface area contributed by atoms with Crippen molar-refractivity contribution in [1.82, 2.24) is 4.57 Å². The lowest BCUT2D eigenvalue weighted by molar-refractivity contribution is 0.590. The summed E-state index contributed by atoms with van der Waals surface area (Å²) < 4.78 is 3.65. The summed E-state index contributed by atoms with van der Waals surface area (Å²) in [6.45, 7) is 6.88. The monoisotopic (exact) mass is 847 g/mol. The summed E-state index contributed by atoms with van der Waals surface area (Å²) >= 11 is 9.89. The SMILES string of the molecule is CC(C)(C)c1cc(N(c2ccc(-c3cccc4ccccc34)cc2)c2csc3ccc(-c4ccccc4)cc23)c(Cl)c(N2c3ccccc3-n3c4ccccc4c4cccc2c43)c1. The van der Waals surface area contributed by atoms with Crippen molar-refractivity contribution in [3.63, 3.8) is 0 Å². The number of benzene rings is 9. The van der Waals surface area contributed by atoms with Crippen LogP contribution in [0.25, 0.3) is 70.6 Å². The largest absolute Gasteiger partial charge is 0.307 e. The number of nitrogens with zero attached hydrogens (tertiary/aromatic N) is 3. The fraction of sp³-hybridized carbons (Fsp3) is 0.0690. The van der Waals surface area contributed by atoms with Gasteiger partial charge >= 0.3 is 0 Å². The number of fused-ring (bicyclic) bond motifs is 7. The van der Waals surface area contributed by atoms with Crippen molar-refractivity contribution in [2.45, 2.75) is 26.2 Å². The average molecular weight is 849 g/mol. The highest BCUT2D eigenvalue weighted by molar-refractivity contribution is 7.17. The summed E-state index contributed by atoms with van der Waals surface area (Å²) in [4.78, 5) is 4.80. The number of rotatable bonds is 6. The third-order valence-corrected chi connectivity index (χ3v) is 14.1. The van der Waals surface area contributed by atoms with E-state index in [1.165, 1.54) is 70.5 Å². The van der Waals surface area contributed by atoms with Gasteiger partial charge in [0.2, 0.25) is 0 Å². The Balaban J connectivity index is 1.12. The molecule has 5 heteroatoms. The molecule has 0 aliphatic carbocycles. The molecule has 0 unspecified atom stereocenters. The van der Waals surface area contributed by atoms with Crippen LogP contribution in [0.4, 0.5) is 34.1 Å². The highest BCUT2D eigenvalue weighted by Gasteiger charge is 2.33.